The topological polar surface area (TPSA) is 28.5 Å². The van der Waals surface area contributed by atoms with Crippen molar-refractivity contribution >= 4 is 17.2 Å². The second-order valence-electron chi connectivity index (χ2n) is 6.67. The molecule has 0 aliphatic carbocycles. The molecule has 0 bridgehead atoms. The molecule has 1 saturated heterocycles. The lowest BCUT2D eigenvalue weighted by Gasteiger charge is -2.34. The van der Waals surface area contributed by atoms with E-state index in [1.54, 1.807) is 11.3 Å². The van der Waals surface area contributed by atoms with E-state index in [2.05, 4.69) is 51.2 Å². The van der Waals surface area contributed by atoms with E-state index in [4.69, 9.17) is 0 Å². The summed E-state index contributed by atoms with van der Waals surface area (Å²) in [4.78, 5) is 18.4. The van der Waals surface area contributed by atoms with Crippen molar-refractivity contribution in [3.63, 3.8) is 0 Å². The number of carbonyl (C=O) groups excluding carboxylic acids is 1. The van der Waals surface area contributed by atoms with E-state index >= 15 is 0 Å². The van der Waals surface area contributed by atoms with Crippen LogP contribution in [0.25, 0.3) is 5.69 Å². The van der Waals surface area contributed by atoms with Gasteiger partial charge in [-0.25, -0.2) is 0 Å². The maximum atomic E-state index is 12.6. The molecular formula is C21H23N3OS. The van der Waals surface area contributed by atoms with Gasteiger partial charge in [0.1, 0.15) is 0 Å². The van der Waals surface area contributed by atoms with Gasteiger partial charge in [0.05, 0.1) is 6.42 Å². The highest BCUT2D eigenvalue weighted by molar-refractivity contribution is 7.09. The first kappa shape index (κ1) is 17.1. The van der Waals surface area contributed by atoms with Gasteiger partial charge in [0.2, 0.25) is 5.91 Å². The molecule has 4 rings (SSSR count). The Hall–Kier alpha value is -2.37. The summed E-state index contributed by atoms with van der Waals surface area (Å²) < 4.78 is 2.07. The highest BCUT2D eigenvalue weighted by atomic mass is 32.1. The second kappa shape index (κ2) is 7.89. The van der Waals surface area contributed by atoms with Gasteiger partial charge >= 0.3 is 0 Å². The molecule has 3 heterocycles. The van der Waals surface area contributed by atoms with E-state index in [-0.39, 0.29) is 5.91 Å². The number of carbonyl (C=O) groups is 1. The van der Waals surface area contributed by atoms with Gasteiger partial charge in [-0.2, -0.15) is 0 Å². The third-order valence-corrected chi connectivity index (χ3v) is 5.74. The van der Waals surface area contributed by atoms with Crippen LogP contribution in [0.1, 0.15) is 10.4 Å². The molecule has 4 nitrogen and oxygen atoms in total. The Labute approximate surface area is 158 Å². The Bertz CT molecular complexity index is 817. The maximum Gasteiger partial charge on any atom is 0.227 e. The quantitative estimate of drug-likeness (QED) is 0.693. The molecule has 2 aromatic heterocycles. The summed E-state index contributed by atoms with van der Waals surface area (Å²) in [6.07, 6.45) is 4.53. The first-order valence-corrected chi connectivity index (χ1v) is 9.91. The van der Waals surface area contributed by atoms with Gasteiger partial charge in [-0.1, -0.05) is 18.2 Å². The fraction of sp³-hybridized carbons (Fsp3) is 0.286. The summed E-state index contributed by atoms with van der Waals surface area (Å²) in [6, 6.07) is 16.6. The number of hydrogen-bond acceptors (Lipinski definition) is 3. The number of aromatic nitrogens is 1. The fourth-order valence-electron chi connectivity index (χ4n) is 3.36. The first-order valence-electron chi connectivity index (χ1n) is 9.03. The molecular weight excluding hydrogens is 342 g/mol. The summed E-state index contributed by atoms with van der Waals surface area (Å²) in [7, 11) is 0. The fourth-order valence-corrected chi connectivity index (χ4v) is 4.10. The van der Waals surface area contributed by atoms with Crippen LogP contribution >= 0.6 is 11.3 Å². The van der Waals surface area contributed by atoms with Crippen molar-refractivity contribution in [1.29, 1.82) is 0 Å². The van der Waals surface area contributed by atoms with Gasteiger partial charge in [-0.3, -0.25) is 9.69 Å². The Morgan fingerprint density at radius 2 is 1.65 bits per heavy atom. The molecule has 1 aliphatic rings. The highest BCUT2D eigenvalue weighted by Gasteiger charge is 2.21. The smallest absolute Gasteiger partial charge is 0.227 e. The normalized spacial score (nSPS) is 15.3. The molecule has 134 valence electrons. The lowest BCUT2D eigenvalue weighted by molar-refractivity contribution is -0.132. The lowest BCUT2D eigenvalue weighted by atomic mass is 10.1. The molecule has 1 aliphatic heterocycles. The van der Waals surface area contributed by atoms with Crippen molar-refractivity contribution in [3.05, 3.63) is 76.7 Å². The minimum absolute atomic E-state index is 0.231. The Kier molecular flexibility index (Phi) is 5.18. The van der Waals surface area contributed by atoms with Gasteiger partial charge in [0, 0.05) is 55.7 Å². The van der Waals surface area contributed by atoms with E-state index in [0.717, 1.165) is 44.0 Å². The summed E-state index contributed by atoms with van der Waals surface area (Å²) >= 11 is 1.80. The molecule has 0 N–H and O–H groups in total. The summed E-state index contributed by atoms with van der Waals surface area (Å²) in [6.45, 7) is 4.56. The average Bonchev–Trinajstić information content (AvgIpc) is 3.37. The van der Waals surface area contributed by atoms with E-state index < -0.39 is 0 Å². The predicted molar refractivity (Wildman–Crippen MR) is 106 cm³/mol. The van der Waals surface area contributed by atoms with E-state index in [0.29, 0.717) is 6.42 Å². The SMILES string of the molecule is O=C(Cc1ccc(-n2cccc2)cc1)N1CCN(Cc2cccs2)CC1. The summed E-state index contributed by atoms with van der Waals surface area (Å²) in [5.74, 6) is 0.231. The Balaban J connectivity index is 1.28. The molecule has 3 aromatic rings. The van der Waals surface area contributed by atoms with Crippen molar-refractivity contribution in [2.24, 2.45) is 0 Å². The largest absolute Gasteiger partial charge is 0.340 e. The molecule has 1 fully saturated rings. The number of nitrogens with zero attached hydrogens (tertiary/aromatic N) is 3. The zero-order chi connectivity index (χ0) is 17.8. The van der Waals surface area contributed by atoms with Crippen LogP contribution in [0.15, 0.2) is 66.3 Å². The van der Waals surface area contributed by atoms with Crippen molar-refractivity contribution < 1.29 is 4.79 Å². The molecule has 0 spiro atoms. The minimum Gasteiger partial charge on any atom is -0.340 e. The van der Waals surface area contributed by atoms with Crippen LogP contribution in [0.4, 0.5) is 0 Å². The molecule has 1 amide bonds. The third-order valence-electron chi connectivity index (χ3n) is 4.88. The number of hydrogen-bond donors (Lipinski definition) is 0. The van der Waals surface area contributed by atoms with Crippen LogP contribution in [0.5, 0.6) is 0 Å². The van der Waals surface area contributed by atoms with Crippen molar-refractivity contribution in [2.75, 3.05) is 26.2 Å². The first-order chi connectivity index (χ1) is 12.8. The molecule has 0 radical (unpaired) electrons. The molecule has 0 atom stereocenters. The van der Waals surface area contributed by atoms with Crippen molar-refractivity contribution in [2.45, 2.75) is 13.0 Å². The number of piperazine rings is 1. The van der Waals surface area contributed by atoms with Crippen LogP contribution in [-0.2, 0) is 17.8 Å². The number of amides is 1. The standard InChI is InChI=1S/C21H23N3OS/c25-21(16-18-5-7-19(8-6-18)23-9-1-2-10-23)24-13-11-22(12-14-24)17-20-4-3-15-26-20/h1-10,15H,11-14,16-17H2. The average molecular weight is 366 g/mol. The predicted octanol–water partition coefficient (Wildman–Crippen LogP) is 3.43. The molecule has 5 heteroatoms. The summed E-state index contributed by atoms with van der Waals surface area (Å²) in [5.41, 5.74) is 2.19. The van der Waals surface area contributed by atoms with Crippen LogP contribution in [-0.4, -0.2) is 46.5 Å². The van der Waals surface area contributed by atoms with Crippen molar-refractivity contribution in [3.8, 4) is 5.69 Å². The molecule has 0 saturated carbocycles. The Morgan fingerprint density at radius 1 is 0.923 bits per heavy atom. The zero-order valence-electron chi connectivity index (χ0n) is 14.8. The van der Waals surface area contributed by atoms with Crippen molar-refractivity contribution in [1.82, 2.24) is 14.4 Å². The maximum absolute atomic E-state index is 12.6. The van der Waals surface area contributed by atoms with Gasteiger partial charge in [-0.05, 0) is 41.3 Å². The number of rotatable bonds is 5. The van der Waals surface area contributed by atoms with Gasteiger partial charge in [0.15, 0.2) is 0 Å². The van der Waals surface area contributed by atoms with Gasteiger partial charge < -0.3 is 9.47 Å². The third kappa shape index (κ3) is 4.06. The highest BCUT2D eigenvalue weighted by Crippen LogP contribution is 2.15. The van der Waals surface area contributed by atoms with E-state index in [9.17, 15) is 4.79 Å². The summed E-state index contributed by atoms with van der Waals surface area (Å²) in [5, 5.41) is 2.12. The van der Waals surface area contributed by atoms with Gasteiger partial charge in [-0.15, -0.1) is 11.3 Å². The van der Waals surface area contributed by atoms with Crippen LogP contribution < -0.4 is 0 Å². The van der Waals surface area contributed by atoms with Crippen LogP contribution in [0.3, 0.4) is 0 Å². The van der Waals surface area contributed by atoms with Gasteiger partial charge in [0.25, 0.3) is 0 Å². The van der Waals surface area contributed by atoms with Crippen LogP contribution in [0, 0.1) is 0 Å². The monoisotopic (exact) mass is 365 g/mol. The van der Waals surface area contributed by atoms with Crippen LogP contribution in [0.2, 0.25) is 0 Å². The second-order valence-corrected chi connectivity index (χ2v) is 7.70. The molecule has 0 unspecified atom stereocenters. The number of benzene rings is 1. The zero-order valence-corrected chi connectivity index (χ0v) is 15.6. The molecule has 26 heavy (non-hydrogen) atoms. The number of thiophene rings is 1. The van der Waals surface area contributed by atoms with E-state index in [1.165, 1.54) is 4.88 Å². The molecule has 1 aromatic carbocycles. The van der Waals surface area contributed by atoms with E-state index in [1.807, 2.05) is 29.4 Å². The minimum atomic E-state index is 0.231. The Morgan fingerprint density at radius 3 is 2.31 bits per heavy atom. The lowest BCUT2D eigenvalue weighted by Crippen LogP contribution is -2.48.